The fraction of sp³-hybridized carbons (Fsp3) is 0.161. The van der Waals surface area contributed by atoms with Crippen molar-refractivity contribution in [3.05, 3.63) is 106 Å². The van der Waals surface area contributed by atoms with Crippen molar-refractivity contribution < 1.29 is 28.3 Å². The van der Waals surface area contributed by atoms with E-state index in [1.165, 1.54) is 30.0 Å². The number of carbonyl (C=O) groups is 4. The smallest absolute Gasteiger partial charge is 0.341 e. The molecule has 1 heterocycles. The lowest BCUT2D eigenvalue weighted by atomic mass is 10.1. The lowest BCUT2D eigenvalue weighted by Crippen LogP contribution is -2.23. The second kappa shape index (κ2) is 13.9. The van der Waals surface area contributed by atoms with Crippen LogP contribution in [0.5, 0.6) is 0 Å². The SMILES string of the molecule is CCOC(=O)c1c(NC(=O)C(C)Sc2cccc(NC(=O)c3ccccc3F)c2)sc(C(=O)Nc2ccccc2)c1C. The van der Waals surface area contributed by atoms with Crippen LogP contribution in [0, 0.1) is 12.7 Å². The molecule has 0 saturated carbocycles. The number of hydrogen-bond acceptors (Lipinski definition) is 7. The minimum Gasteiger partial charge on any atom is -0.462 e. The maximum atomic E-state index is 14.0. The lowest BCUT2D eigenvalue weighted by Gasteiger charge is -2.13. The first-order chi connectivity index (χ1) is 20.2. The highest BCUT2D eigenvalue weighted by Gasteiger charge is 2.28. The van der Waals surface area contributed by atoms with Crippen molar-refractivity contribution in [2.75, 3.05) is 22.6 Å². The number of benzene rings is 3. The van der Waals surface area contributed by atoms with Gasteiger partial charge in [0.25, 0.3) is 11.8 Å². The number of nitrogens with one attached hydrogen (secondary N) is 3. The Kier molecular flexibility index (Phi) is 10.1. The van der Waals surface area contributed by atoms with Crippen LogP contribution in [0.1, 0.15) is 49.8 Å². The zero-order chi connectivity index (χ0) is 30.2. The van der Waals surface area contributed by atoms with Crippen molar-refractivity contribution in [1.29, 1.82) is 0 Å². The maximum Gasteiger partial charge on any atom is 0.341 e. The van der Waals surface area contributed by atoms with E-state index < -0.39 is 34.8 Å². The molecule has 42 heavy (non-hydrogen) atoms. The minimum absolute atomic E-state index is 0.0798. The molecule has 1 atom stereocenters. The summed E-state index contributed by atoms with van der Waals surface area (Å²) in [5.74, 6) is -2.67. The summed E-state index contributed by atoms with van der Waals surface area (Å²) >= 11 is 2.22. The van der Waals surface area contributed by atoms with Crippen LogP contribution in [0.4, 0.5) is 20.8 Å². The van der Waals surface area contributed by atoms with E-state index in [9.17, 15) is 23.6 Å². The van der Waals surface area contributed by atoms with Crippen LogP contribution in [-0.2, 0) is 9.53 Å². The van der Waals surface area contributed by atoms with Crippen LogP contribution in [0.2, 0.25) is 0 Å². The molecule has 0 aliphatic rings. The van der Waals surface area contributed by atoms with E-state index in [1.807, 2.05) is 6.07 Å². The number of thiophene rings is 1. The molecule has 0 aliphatic heterocycles. The molecule has 4 rings (SSSR count). The van der Waals surface area contributed by atoms with Gasteiger partial charge in [-0.3, -0.25) is 14.4 Å². The van der Waals surface area contributed by atoms with Gasteiger partial charge in [0.1, 0.15) is 10.8 Å². The average Bonchev–Trinajstić information content (AvgIpc) is 3.29. The molecule has 3 N–H and O–H groups in total. The summed E-state index contributed by atoms with van der Waals surface area (Å²) in [7, 11) is 0. The molecule has 0 fully saturated rings. The number of ether oxygens (including phenoxy) is 1. The van der Waals surface area contributed by atoms with E-state index >= 15 is 0 Å². The van der Waals surface area contributed by atoms with Gasteiger partial charge in [-0.2, -0.15) is 0 Å². The van der Waals surface area contributed by atoms with Crippen molar-refractivity contribution in [2.45, 2.75) is 30.9 Å². The molecule has 0 radical (unpaired) electrons. The topological polar surface area (TPSA) is 114 Å². The molecule has 0 aliphatic carbocycles. The van der Waals surface area contributed by atoms with Gasteiger partial charge in [0, 0.05) is 16.3 Å². The summed E-state index contributed by atoms with van der Waals surface area (Å²) in [6.07, 6.45) is 0. The average molecular weight is 606 g/mol. The largest absolute Gasteiger partial charge is 0.462 e. The van der Waals surface area contributed by atoms with E-state index in [1.54, 1.807) is 75.4 Å². The number of para-hydroxylation sites is 1. The van der Waals surface area contributed by atoms with Gasteiger partial charge in [0.15, 0.2) is 0 Å². The van der Waals surface area contributed by atoms with Gasteiger partial charge in [-0.25, -0.2) is 9.18 Å². The monoisotopic (exact) mass is 605 g/mol. The first-order valence-electron chi connectivity index (χ1n) is 13.0. The molecule has 0 bridgehead atoms. The van der Waals surface area contributed by atoms with E-state index in [4.69, 9.17) is 4.74 Å². The number of hydrogen-bond donors (Lipinski definition) is 3. The van der Waals surface area contributed by atoms with Gasteiger partial charge >= 0.3 is 5.97 Å². The predicted octanol–water partition coefficient (Wildman–Crippen LogP) is 7.00. The van der Waals surface area contributed by atoms with Crippen molar-refractivity contribution in [3.63, 3.8) is 0 Å². The Hall–Kier alpha value is -4.48. The lowest BCUT2D eigenvalue weighted by molar-refractivity contribution is -0.115. The number of esters is 1. The molecule has 0 spiro atoms. The first kappa shape index (κ1) is 30.5. The fourth-order valence-electron chi connectivity index (χ4n) is 3.94. The van der Waals surface area contributed by atoms with Crippen LogP contribution in [0.15, 0.2) is 83.8 Å². The fourth-order valence-corrected chi connectivity index (χ4v) is 5.96. The van der Waals surface area contributed by atoms with Crippen LogP contribution >= 0.6 is 23.1 Å². The van der Waals surface area contributed by atoms with Gasteiger partial charge in [0.2, 0.25) is 5.91 Å². The Balaban J connectivity index is 1.48. The number of amides is 3. The third kappa shape index (κ3) is 7.42. The molecular weight excluding hydrogens is 577 g/mol. The van der Waals surface area contributed by atoms with E-state index in [2.05, 4.69) is 16.0 Å². The molecule has 3 amide bonds. The van der Waals surface area contributed by atoms with E-state index in [-0.39, 0.29) is 27.6 Å². The summed E-state index contributed by atoms with van der Waals surface area (Å²) in [4.78, 5) is 52.5. The Bertz CT molecular complexity index is 1620. The highest BCUT2D eigenvalue weighted by molar-refractivity contribution is 8.00. The zero-order valence-electron chi connectivity index (χ0n) is 23.0. The summed E-state index contributed by atoms with van der Waals surface area (Å²) < 4.78 is 19.2. The Morgan fingerprint density at radius 3 is 2.26 bits per heavy atom. The highest BCUT2D eigenvalue weighted by atomic mass is 32.2. The number of halogens is 1. The third-order valence-corrected chi connectivity index (χ3v) is 8.29. The van der Waals surface area contributed by atoms with Crippen molar-refractivity contribution >= 4 is 63.2 Å². The van der Waals surface area contributed by atoms with E-state index in [0.29, 0.717) is 21.8 Å². The molecule has 8 nitrogen and oxygen atoms in total. The molecule has 3 aromatic carbocycles. The predicted molar refractivity (Wildman–Crippen MR) is 164 cm³/mol. The van der Waals surface area contributed by atoms with Crippen LogP contribution in [0.3, 0.4) is 0 Å². The van der Waals surface area contributed by atoms with E-state index in [0.717, 1.165) is 11.3 Å². The Labute approximate surface area is 250 Å². The number of anilines is 3. The molecular formula is C31H28FN3O5S2. The van der Waals surface area contributed by atoms with Gasteiger partial charge in [-0.05, 0) is 68.8 Å². The summed E-state index contributed by atoms with van der Waals surface area (Å²) in [5.41, 5.74) is 1.48. The quantitative estimate of drug-likeness (QED) is 0.133. The first-order valence-corrected chi connectivity index (χ1v) is 14.7. The van der Waals surface area contributed by atoms with Gasteiger partial charge < -0.3 is 20.7 Å². The third-order valence-electron chi connectivity index (χ3n) is 5.99. The molecule has 1 unspecified atom stereocenters. The van der Waals surface area contributed by atoms with Crippen LogP contribution in [-0.4, -0.2) is 35.5 Å². The van der Waals surface area contributed by atoms with Crippen molar-refractivity contribution in [1.82, 2.24) is 0 Å². The van der Waals surface area contributed by atoms with Crippen LogP contribution in [0.25, 0.3) is 0 Å². The van der Waals surface area contributed by atoms with Crippen molar-refractivity contribution in [2.24, 2.45) is 0 Å². The Morgan fingerprint density at radius 1 is 0.881 bits per heavy atom. The maximum absolute atomic E-state index is 14.0. The van der Waals surface area contributed by atoms with Crippen molar-refractivity contribution in [3.8, 4) is 0 Å². The molecule has 216 valence electrons. The number of carbonyl (C=O) groups excluding carboxylic acids is 4. The van der Waals surface area contributed by atoms with Crippen LogP contribution < -0.4 is 16.0 Å². The van der Waals surface area contributed by atoms with Gasteiger partial charge in [0.05, 0.1) is 27.9 Å². The molecule has 4 aromatic rings. The van der Waals surface area contributed by atoms with Gasteiger partial charge in [-0.1, -0.05) is 36.4 Å². The number of rotatable bonds is 10. The second-order valence-electron chi connectivity index (χ2n) is 9.01. The summed E-state index contributed by atoms with van der Waals surface area (Å²) in [6, 6.07) is 21.4. The van der Waals surface area contributed by atoms with Gasteiger partial charge in [-0.15, -0.1) is 23.1 Å². The Morgan fingerprint density at radius 2 is 1.55 bits per heavy atom. The molecule has 1 aromatic heterocycles. The molecule has 11 heteroatoms. The normalized spacial score (nSPS) is 11.3. The highest BCUT2D eigenvalue weighted by Crippen LogP contribution is 2.35. The minimum atomic E-state index is -0.640. The summed E-state index contributed by atoms with van der Waals surface area (Å²) in [5, 5.41) is 7.86. The summed E-state index contributed by atoms with van der Waals surface area (Å²) in [6.45, 7) is 5.13. The second-order valence-corrected chi connectivity index (χ2v) is 11.4. The zero-order valence-corrected chi connectivity index (χ0v) is 24.7. The number of thioether (sulfide) groups is 1. The molecule has 0 saturated heterocycles. The standard InChI is InChI=1S/C31H28FN3O5S2/c1-4-40-31(39)25-18(2)26(29(38)33-20-11-6-5-7-12-20)42-30(25)35-27(36)19(3)41-22-14-10-13-21(17-22)34-28(37)23-15-8-9-16-24(23)32/h5-17,19H,4H2,1-3H3,(H,33,38)(H,34,37)(H,35,36).